The van der Waals surface area contributed by atoms with Crippen LogP contribution in [0.3, 0.4) is 0 Å². The van der Waals surface area contributed by atoms with E-state index in [4.69, 9.17) is 16.3 Å². The van der Waals surface area contributed by atoms with Gasteiger partial charge < -0.3 is 10.1 Å². The van der Waals surface area contributed by atoms with Gasteiger partial charge in [0, 0.05) is 16.7 Å². The Hall–Kier alpha value is -1.98. The third kappa shape index (κ3) is 3.99. The molecular formula is C19H22ClN3OS. The molecule has 6 heteroatoms. The van der Waals surface area contributed by atoms with Crippen molar-refractivity contribution in [3.05, 3.63) is 52.4 Å². The van der Waals surface area contributed by atoms with Gasteiger partial charge in [-0.05, 0) is 29.0 Å². The molecule has 2 aromatic heterocycles. The second-order valence-corrected chi connectivity index (χ2v) is 8.36. The Kier molecular flexibility index (Phi) is 5.06. The summed E-state index contributed by atoms with van der Waals surface area (Å²) < 4.78 is 5.55. The first kappa shape index (κ1) is 17.8. The van der Waals surface area contributed by atoms with Crippen LogP contribution in [-0.4, -0.2) is 17.3 Å². The predicted molar refractivity (Wildman–Crippen MR) is 106 cm³/mol. The zero-order valence-corrected chi connectivity index (χ0v) is 16.3. The van der Waals surface area contributed by atoms with Gasteiger partial charge in [-0.25, -0.2) is 0 Å². The van der Waals surface area contributed by atoms with Crippen molar-refractivity contribution in [2.45, 2.75) is 26.8 Å². The number of nitrogens with one attached hydrogen (secondary N) is 2. The second kappa shape index (κ2) is 7.10. The molecule has 2 heterocycles. The van der Waals surface area contributed by atoms with Gasteiger partial charge in [-0.15, -0.1) is 11.3 Å². The highest BCUT2D eigenvalue weighted by atomic mass is 35.5. The number of ether oxygens (including phenoxy) is 1. The standard InChI is InChI=1S/C19H22ClN3OS/c1-19(2,3)18(13-8-7-12(20)10-15(13)24-4)21-17-11-14(22-23-17)16-6-5-9-25-16/h5-11,18H,1-4H3,(H2,21,22,23). The summed E-state index contributed by atoms with van der Waals surface area (Å²) in [7, 11) is 1.67. The normalized spacial score (nSPS) is 12.8. The fraction of sp³-hybridized carbons (Fsp3) is 0.316. The Labute approximate surface area is 157 Å². The zero-order valence-electron chi connectivity index (χ0n) is 14.8. The minimum absolute atomic E-state index is 0.0132. The summed E-state index contributed by atoms with van der Waals surface area (Å²) in [5, 5.41) is 13.8. The first-order valence-corrected chi connectivity index (χ1v) is 9.33. The van der Waals surface area contributed by atoms with E-state index >= 15 is 0 Å². The molecule has 2 N–H and O–H groups in total. The Bertz CT molecular complexity index is 837. The minimum Gasteiger partial charge on any atom is -0.496 e. The Morgan fingerprint density at radius 1 is 1.24 bits per heavy atom. The van der Waals surface area contributed by atoms with Crippen molar-refractivity contribution in [3.8, 4) is 16.3 Å². The lowest BCUT2D eigenvalue weighted by molar-refractivity contribution is 0.331. The number of H-pyrrole nitrogens is 1. The maximum absolute atomic E-state index is 6.12. The van der Waals surface area contributed by atoms with Crippen molar-refractivity contribution in [3.63, 3.8) is 0 Å². The van der Waals surface area contributed by atoms with E-state index in [9.17, 15) is 0 Å². The number of halogens is 1. The summed E-state index contributed by atoms with van der Waals surface area (Å²) in [5.74, 6) is 1.58. The van der Waals surface area contributed by atoms with E-state index < -0.39 is 0 Å². The number of aromatic amines is 1. The van der Waals surface area contributed by atoms with Crippen LogP contribution in [0.4, 0.5) is 5.82 Å². The SMILES string of the molecule is COc1cc(Cl)ccc1C(Nc1cc(-c2cccs2)[nH]n1)C(C)(C)C. The van der Waals surface area contributed by atoms with Gasteiger partial charge in [-0.2, -0.15) is 5.10 Å². The van der Waals surface area contributed by atoms with Crippen molar-refractivity contribution in [1.82, 2.24) is 10.2 Å². The van der Waals surface area contributed by atoms with E-state index in [-0.39, 0.29) is 11.5 Å². The third-order valence-electron chi connectivity index (χ3n) is 4.03. The fourth-order valence-corrected chi connectivity index (χ4v) is 3.64. The molecule has 3 aromatic rings. The topological polar surface area (TPSA) is 49.9 Å². The van der Waals surface area contributed by atoms with Gasteiger partial charge in [-0.3, -0.25) is 5.10 Å². The number of rotatable bonds is 5. The van der Waals surface area contributed by atoms with Gasteiger partial charge in [0.05, 0.1) is 23.7 Å². The number of thiophene rings is 1. The Morgan fingerprint density at radius 3 is 2.68 bits per heavy atom. The van der Waals surface area contributed by atoms with E-state index in [0.717, 1.165) is 27.7 Å². The highest BCUT2D eigenvalue weighted by molar-refractivity contribution is 7.13. The van der Waals surface area contributed by atoms with E-state index in [1.54, 1.807) is 18.4 Å². The highest BCUT2D eigenvalue weighted by Crippen LogP contribution is 2.41. The van der Waals surface area contributed by atoms with Crippen LogP contribution in [0.5, 0.6) is 5.75 Å². The lowest BCUT2D eigenvalue weighted by Crippen LogP contribution is -2.26. The largest absolute Gasteiger partial charge is 0.496 e. The van der Waals surface area contributed by atoms with Gasteiger partial charge in [0.1, 0.15) is 11.6 Å². The number of methoxy groups -OCH3 is 1. The molecular weight excluding hydrogens is 354 g/mol. The van der Waals surface area contributed by atoms with E-state index in [1.165, 1.54) is 0 Å². The number of benzene rings is 1. The number of nitrogens with zero attached hydrogens (tertiary/aromatic N) is 1. The van der Waals surface area contributed by atoms with E-state index in [1.807, 2.05) is 30.3 Å². The van der Waals surface area contributed by atoms with Gasteiger partial charge in [-0.1, -0.05) is 44.5 Å². The number of hydrogen-bond donors (Lipinski definition) is 2. The predicted octanol–water partition coefficient (Wildman–Crippen LogP) is 6.00. The van der Waals surface area contributed by atoms with Crippen LogP contribution in [0.1, 0.15) is 32.4 Å². The molecule has 0 aliphatic heterocycles. The molecule has 0 fully saturated rings. The molecule has 0 radical (unpaired) electrons. The number of aromatic nitrogens is 2. The molecule has 25 heavy (non-hydrogen) atoms. The van der Waals surface area contributed by atoms with Crippen LogP contribution in [0, 0.1) is 5.41 Å². The van der Waals surface area contributed by atoms with Gasteiger partial charge in [0.25, 0.3) is 0 Å². The van der Waals surface area contributed by atoms with Crippen molar-refractivity contribution in [1.29, 1.82) is 0 Å². The van der Waals surface area contributed by atoms with Crippen LogP contribution in [0.15, 0.2) is 41.8 Å². The van der Waals surface area contributed by atoms with Crippen LogP contribution >= 0.6 is 22.9 Å². The molecule has 0 aliphatic carbocycles. The average molecular weight is 376 g/mol. The molecule has 0 amide bonds. The average Bonchev–Trinajstić information content (AvgIpc) is 3.23. The second-order valence-electron chi connectivity index (χ2n) is 6.97. The molecule has 1 aromatic carbocycles. The third-order valence-corrected chi connectivity index (χ3v) is 5.17. The van der Waals surface area contributed by atoms with Crippen LogP contribution < -0.4 is 10.1 Å². The lowest BCUT2D eigenvalue weighted by atomic mass is 9.82. The molecule has 0 bridgehead atoms. The molecule has 1 unspecified atom stereocenters. The lowest BCUT2D eigenvalue weighted by Gasteiger charge is -2.33. The first-order valence-electron chi connectivity index (χ1n) is 8.08. The monoisotopic (exact) mass is 375 g/mol. The van der Waals surface area contributed by atoms with Crippen molar-refractivity contribution >= 4 is 28.8 Å². The van der Waals surface area contributed by atoms with Crippen LogP contribution in [-0.2, 0) is 0 Å². The Balaban J connectivity index is 1.93. The van der Waals surface area contributed by atoms with E-state index in [2.05, 4.69) is 47.7 Å². The summed E-state index contributed by atoms with van der Waals surface area (Å²) in [6.07, 6.45) is 0. The van der Waals surface area contributed by atoms with Gasteiger partial charge >= 0.3 is 0 Å². The summed E-state index contributed by atoms with van der Waals surface area (Å²) in [4.78, 5) is 1.16. The summed E-state index contributed by atoms with van der Waals surface area (Å²) >= 11 is 7.80. The molecule has 0 saturated carbocycles. The van der Waals surface area contributed by atoms with Crippen LogP contribution in [0.2, 0.25) is 5.02 Å². The maximum atomic E-state index is 6.12. The zero-order chi connectivity index (χ0) is 18.0. The molecule has 0 spiro atoms. The van der Waals surface area contributed by atoms with Crippen molar-refractivity contribution in [2.75, 3.05) is 12.4 Å². The van der Waals surface area contributed by atoms with Gasteiger partial charge in [0.15, 0.2) is 0 Å². The first-order chi connectivity index (χ1) is 11.9. The summed E-state index contributed by atoms with van der Waals surface area (Å²) in [5.41, 5.74) is 2.01. The van der Waals surface area contributed by atoms with Gasteiger partial charge in [0.2, 0.25) is 0 Å². The van der Waals surface area contributed by atoms with E-state index in [0.29, 0.717) is 5.02 Å². The minimum atomic E-state index is -0.0524. The van der Waals surface area contributed by atoms with Crippen molar-refractivity contribution in [2.24, 2.45) is 5.41 Å². The smallest absolute Gasteiger partial charge is 0.148 e. The molecule has 1 atom stereocenters. The summed E-state index contributed by atoms with van der Waals surface area (Å²) in [6.45, 7) is 6.56. The summed E-state index contributed by atoms with van der Waals surface area (Å²) in [6, 6.07) is 11.9. The molecule has 0 saturated heterocycles. The molecule has 0 aliphatic rings. The fourth-order valence-electron chi connectivity index (χ4n) is 2.79. The molecule has 3 rings (SSSR count). The number of hydrogen-bond acceptors (Lipinski definition) is 4. The number of anilines is 1. The highest BCUT2D eigenvalue weighted by Gasteiger charge is 2.29. The quantitative estimate of drug-likeness (QED) is 0.575. The maximum Gasteiger partial charge on any atom is 0.148 e. The van der Waals surface area contributed by atoms with Crippen molar-refractivity contribution < 1.29 is 4.74 Å². The Morgan fingerprint density at radius 2 is 2.04 bits per heavy atom. The molecule has 4 nitrogen and oxygen atoms in total. The van der Waals surface area contributed by atoms with Crippen LogP contribution in [0.25, 0.3) is 10.6 Å². The molecule has 132 valence electrons.